The van der Waals surface area contributed by atoms with Crippen molar-refractivity contribution < 1.29 is 0 Å². The Kier molecular flexibility index (Phi) is 2.71. The maximum Gasteiger partial charge on any atom is 0.0916 e. The Morgan fingerprint density at radius 3 is 3.00 bits per heavy atom. The zero-order valence-electron chi connectivity index (χ0n) is 6.29. The first-order valence-corrected chi connectivity index (χ1v) is 4.12. The summed E-state index contributed by atoms with van der Waals surface area (Å²) in [6.45, 7) is 0.903. The molecule has 0 bridgehead atoms. The summed E-state index contributed by atoms with van der Waals surface area (Å²) in [4.78, 5) is 2.17. The smallest absolute Gasteiger partial charge is 0.0916 e. The first-order valence-electron chi connectivity index (χ1n) is 3.24. The predicted octanol–water partition coefficient (Wildman–Crippen LogP) is 1.36. The van der Waals surface area contributed by atoms with Gasteiger partial charge < -0.3 is 10.2 Å². The second kappa shape index (κ2) is 3.58. The molecule has 0 unspecified atom stereocenters. The number of rotatable bonds is 3. The maximum atomic E-state index is 3.09. The zero-order valence-corrected chi connectivity index (χ0v) is 7.11. The summed E-state index contributed by atoms with van der Waals surface area (Å²) in [5.74, 6) is 0. The van der Waals surface area contributed by atoms with E-state index in [0.29, 0.717) is 0 Å². The van der Waals surface area contributed by atoms with E-state index in [1.165, 1.54) is 5.00 Å². The molecular formula is C7H12N2S. The normalized spacial score (nSPS) is 9.80. The minimum absolute atomic E-state index is 0.903. The Bertz CT molecular complexity index is 172. The fraction of sp³-hybridized carbons (Fsp3) is 0.429. The van der Waals surface area contributed by atoms with Crippen molar-refractivity contribution in [3.05, 3.63) is 17.5 Å². The molecule has 0 spiro atoms. The number of anilines is 1. The lowest BCUT2D eigenvalue weighted by atomic mass is 10.6. The summed E-state index contributed by atoms with van der Waals surface area (Å²) >= 11 is 1.76. The summed E-state index contributed by atoms with van der Waals surface area (Å²) in [5.41, 5.74) is 0. The first-order chi connectivity index (χ1) is 4.84. The molecule has 0 aliphatic carbocycles. The Balaban J connectivity index is 2.50. The van der Waals surface area contributed by atoms with Crippen LogP contribution in [0, 0.1) is 0 Å². The lowest BCUT2D eigenvalue weighted by Gasteiger charge is -2.15. The molecule has 3 heteroatoms. The van der Waals surface area contributed by atoms with Crippen LogP contribution in [0.15, 0.2) is 17.5 Å². The van der Waals surface area contributed by atoms with Crippen LogP contribution in [-0.4, -0.2) is 20.8 Å². The molecule has 2 nitrogen and oxygen atoms in total. The van der Waals surface area contributed by atoms with Gasteiger partial charge in [-0.3, -0.25) is 0 Å². The molecule has 0 aliphatic rings. The highest BCUT2D eigenvalue weighted by atomic mass is 32.1. The molecule has 1 rings (SSSR count). The van der Waals surface area contributed by atoms with Gasteiger partial charge in [0.25, 0.3) is 0 Å². The summed E-state index contributed by atoms with van der Waals surface area (Å²) in [7, 11) is 4.02. The van der Waals surface area contributed by atoms with Crippen molar-refractivity contribution in [2.75, 3.05) is 25.7 Å². The minimum Gasteiger partial charge on any atom is -0.354 e. The lowest BCUT2D eigenvalue weighted by Crippen LogP contribution is -2.27. The van der Waals surface area contributed by atoms with Gasteiger partial charge in [0, 0.05) is 7.05 Å². The molecule has 0 saturated carbocycles. The van der Waals surface area contributed by atoms with Gasteiger partial charge in [-0.05, 0) is 24.6 Å². The largest absolute Gasteiger partial charge is 0.354 e. The molecule has 0 aromatic carbocycles. The molecular weight excluding hydrogens is 144 g/mol. The highest BCUT2D eigenvalue weighted by Gasteiger charge is 1.96. The fourth-order valence-corrected chi connectivity index (χ4v) is 1.50. The van der Waals surface area contributed by atoms with Crippen molar-refractivity contribution in [1.82, 2.24) is 5.32 Å². The molecule has 0 radical (unpaired) electrons. The Morgan fingerprint density at radius 2 is 2.50 bits per heavy atom. The van der Waals surface area contributed by atoms with Crippen LogP contribution in [0.2, 0.25) is 0 Å². The van der Waals surface area contributed by atoms with Gasteiger partial charge in [-0.25, -0.2) is 0 Å². The first kappa shape index (κ1) is 7.57. The third-order valence-electron chi connectivity index (χ3n) is 1.28. The highest BCUT2D eigenvalue weighted by molar-refractivity contribution is 7.14. The monoisotopic (exact) mass is 156 g/mol. The van der Waals surface area contributed by atoms with Crippen LogP contribution in [0.3, 0.4) is 0 Å². The molecule has 1 aromatic rings. The summed E-state index contributed by atoms with van der Waals surface area (Å²) in [6, 6.07) is 4.17. The van der Waals surface area contributed by atoms with Crippen LogP contribution in [-0.2, 0) is 0 Å². The maximum absolute atomic E-state index is 3.09. The number of hydrogen-bond donors (Lipinski definition) is 1. The second-order valence-electron chi connectivity index (χ2n) is 2.16. The molecule has 1 N–H and O–H groups in total. The van der Waals surface area contributed by atoms with Crippen LogP contribution in [0.1, 0.15) is 0 Å². The fourth-order valence-electron chi connectivity index (χ4n) is 0.802. The average Bonchev–Trinajstić information content (AvgIpc) is 2.38. The molecule has 1 heterocycles. The number of thiophene rings is 1. The average molecular weight is 156 g/mol. The van der Waals surface area contributed by atoms with E-state index in [1.54, 1.807) is 11.3 Å². The molecule has 56 valence electrons. The molecule has 0 amide bonds. The van der Waals surface area contributed by atoms with Gasteiger partial charge in [-0.15, -0.1) is 11.3 Å². The second-order valence-corrected chi connectivity index (χ2v) is 3.09. The predicted molar refractivity (Wildman–Crippen MR) is 46.6 cm³/mol. The van der Waals surface area contributed by atoms with E-state index in [1.807, 2.05) is 7.05 Å². The topological polar surface area (TPSA) is 15.3 Å². The van der Waals surface area contributed by atoms with Crippen LogP contribution in [0.5, 0.6) is 0 Å². The molecule has 1 aromatic heterocycles. The van der Waals surface area contributed by atoms with Crippen LogP contribution < -0.4 is 10.2 Å². The Morgan fingerprint density at radius 1 is 1.70 bits per heavy atom. The standard InChI is InChI=1S/C7H12N2S/c1-8-6-9(2)7-4-3-5-10-7/h3-5,8H,6H2,1-2H3. The van der Waals surface area contributed by atoms with E-state index in [4.69, 9.17) is 0 Å². The van der Waals surface area contributed by atoms with Crippen molar-refractivity contribution in [2.45, 2.75) is 0 Å². The summed E-state index contributed by atoms with van der Waals surface area (Å²) in [5, 5.41) is 6.47. The SMILES string of the molecule is CNCN(C)c1cccs1. The lowest BCUT2D eigenvalue weighted by molar-refractivity contribution is 0.781. The van der Waals surface area contributed by atoms with E-state index < -0.39 is 0 Å². The highest BCUT2D eigenvalue weighted by Crippen LogP contribution is 2.18. The van der Waals surface area contributed by atoms with Crippen molar-refractivity contribution in [3.63, 3.8) is 0 Å². The van der Waals surface area contributed by atoms with E-state index in [0.717, 1.165) is 6.67 Å². The van der Waals surface area contributed by atoms with Crippen LogP contribution in [0.25, 0.3) is 0 Å². The third kappa shape index (κ3) is 1.72. The van der Waals surface area contributed by atoms with Gasteiger partial charge in [-0.1, -0.05) is 0 Å². The van der Waals surface area contributed by atoms with Crippen LogP contribution >= 0.6 is 11.3 Å². The molecule has 0 aliphatic heterocycles. The van der Waals surface area contributed by atoms with Gasteiger partial charge in [0.1, 0.15) is 0 Å². The van der Waals surface area contributed by atoms with Crippen molar-refractivity contribution in [3.8, 4) is 0 Å². The van der Waals surface area contributed by atoms with E-state index in [2.05, 4.69) is 34.8 Å². The summed E-state index contributed by atoms with van der Waals surface area (Å²) < 4.78 is 0. The minimum atomic E-state index is 0.903. The molecule has 0 atom stereocenters. The van der Waals surface area contributed by atoms with Gasteiger partial charge in [0.15, 0.2) is 0 Å². The van der Waals surface area contributed by atoms with Gasteiger partial charge in [-0.2, -0.15) is 0 Å². The zero-order chi connectivity index (χ0) is 7.40. The quantitative estimate of drug-likeness (QED) is 0.665. The van der Waals surface area contributed by atoms with Gasteiger partial charge in [0.2, 0.25) is 0 Å². The van der Waals surface area contributed by atoms with Crippen molar-refractivity contribution in [1.29, 1.82) is 0 Å². The molecule has 0 fully saturated rings. The van der Waals surface area contributed by atoms with E-state index in [-0.39, 0.29) is 0 Å². The van der Waals surface area contributed by atoms with Crippen molar-refractivity contribution >= 4 is 16.3 Å². The van der Waals surface area contributed by atoms with Crippen molar-refractivity contribution in [2.24, 2.45) is 0 Å². The number of nitrogens with one attached hydrogen (secondary N) is 1. The third-order valence-corrected chi connectivity index (χ3v) is 2.26. The Hall–Kier alpha value is -0.540. The molecule has 10 heavy (non-hydrogen) atoms. The number of nitrogens with zero attached hydrogens (tertiary/aromatic N) is 1. The Labute approximate surface area is 65.5 Å². The summed E-state index contributed by atoms with van der Waals surface area (Å²) in [6.07, 6.45) is 0. The van der Waals surface area contributed by atoms with Crippen LogP contribution in [0.4, 0.5) is 5.00 Å². The van der Waals surface area contributed by atoms with Gasteiger partial charge in [0.05, 0.1) is 11.7 Å². The van der Waals surface area contributed by atoms with E-state index in [9.17, 15) is 0 Å². The molecule has 0 saturated heterocycles. The van der Waals surface area contributed by atoms with E-state index >= 15 is 0 Å². The van der Waals surface area contributed by atoms with Gasteiger partial charge >= 0.3 is 0 Å². The number of hydrogen-bond acceptors (Lipinski definition) is 3.